The standard InChI is InChI=1S/C23H33N5.HI/c1-24-23(25-17-19-10-9-13-21(16-19)27(2)3)26-18-22(28-14-7-8-15-28)20-11-5-4-6-12-20;/h4-6,9-13,16,22H,7-8,14-15,17-18H2,1-3H3,(H2,24,25,26);1H. The summed E-state index contributed by atoms with van der Waals surface area (Å²) < 4.78 is 0. The Labute approximate surface area is 192 Å². The van der Waals surface area contributed by atoms with E-state index in [4.69, 9.17) is 0 Å². The molecule has 1 fully saturated rings. The molecule has 1 atom stereocenters. The van der Waals surface area contributed by atoms with E-state index in [1.165, 1.54) is 42.7 Å². The van der Waals surface area contributed by atoms with Crippen LogP contribution >= 0.6 is 24.0 Å². The molecular formula is C23H34IN5. The Balaban J connectivity index is 0.00000300. The molecule has 0 saturated carbocycles. The fourth-order valence-corrected chi connectivity index (χ4v) is 3.73. The third-order valence-electron chi connectivity index (χ3n) is 5.34. The summed E-state index contributed by atoms with van der Waals surface area (Å²) in [5.41, 5.74) is 3.82. The average molecular weight is 507 g/mol. The summed E-state index contributed by atoms with van der Waals surface area (Å²) in [6.07, 6.45) is 2.58. The molecule has 0 aromatic heterocycles. The molecule has 1 unspecified atom stereocenters. The lowest BCUT2D eigenvalue weighted by Gasteiger charge is -2.29. The molecule has 0 aliphatic carbocycles. The van der Waals surface area contributed by atoms with Gasteiger partial charge in [-0.2, -0.15) is 0 Å². The first-order valence-electron chi connectivity index (χ1n) is 10.2. The molecule has 6 heteroatoms. The quantitative estimate of drug-likeness (QED) is 0.339. The summed E-state index contributed by atoms with van der Waals surface area (Å²) in [4.78, 5) is 9.12. The van der Waals surface area contributed by atoms with Crippen molar-refractivity contribution in [3.8, 4) is 0 Å². The van der Waals surface area contributed by atoms with Gasteiger partial charge >= 0.3 is 0 Å². The van der Waals surface area contributed by atoms with Crippen LogP contribution in [0.2, 0.25) is 0 Å². The van der Waals surface area contributed by atoms with Crippen LogP contribution in [0.4, 0.5) is 5.69 Å². The molecular weight excluding hydrogens is 473 g/mol. The van der Waals surface area contributed by atoms with E-state index in [1.807, 2.05) is 7.05 Å². The molecule has 0 bridgehead atoms. The summed E-state index contributed by atoms with van der Waals surface area (Å²) in [6, 6.07) is 19.7. The number of aliphatic imine (C=N–C) groups is 1. The number of guanidine groups is 1. The Morgan fingerprint density at radius 3 is 2.41 bits per heavy atom. The van der Waals surface area contributed by atoms with Crippen molar-refractivity contribution in [3.63, 3.8) is 0 Å². The third kappa shape index (κ3) is 6.89. The van der Waals surface area contributed by atoms with Crippen molar-refractivity contribution in [2.45, 2.75) is 25.4 Å². The maximum absolute atomic E-state index is 4.42. The van der Waals surface area contributed by atoms with Crippen LogP contribution in [-0.4, -0.2) is 51.6 Å². The molecule has 2 aromatic carbocycles. The lowest BCUT2D eigenvalue weighted by atomic mass is 10.1. The molecule has 1 aliphatic rings. The molecule has 5 nitrogen and oxygen atoms in total. The fraction of sp³-hybridized carbons (Fsp3) is 0.435. The van der Waals surface area contributed by atoms with Gasteiger partial charge in [0.25, 0.3) is 0 Å². The Hall–Kier alpha value is -1.80. The van der Waals surface area contributed by atoms with Crippen molar-refractivity contribution in [1.29, 1.82) is 0 Å². The van der Waals surface area contributed by atoms with Crippen molar-refractivity contribution in [2.24, 2.45) is 4.99 Å². The van der Waals surface area contributed by atoms with Crippen molar-refractivity contribution in [3.05, 3.63) is 65.7 Å². The molecule has 1 saturated heterocycles. The number of anilines is 1. The van der Waals surface area contributed by atoms with Gasteiger partial charge in [0.15, 0.2) is 5.96 Å². The maximum atomic E-state index is 4.42. The minimum Gasteiger partial charge on any atom is -0.378 e. The van der Waals surface area contributed by atoms with E-state index in [2.05, 4.69) is 94.1 Å². The zero-order chi connectivity index (χ0) is 19.8. The first kappa shape index (κ1) is 23.5. The highest BCUT2D eigenvalue weighted by atomic mass is 127. The second kappa shape index (κ2) is 12.0. The number of halogens is 1. The molecule has 0 amide bonds. The van der Waals surface area contributed by atoms with Crippen LogP contribution in [0, 0.1) is 0 Å². The van der Waals surface area contributed by atoms with Gasteiger partial charge in [-0.15, -0.1) is 24.0 Å². The number of rotatable bonds is 7. The minimum absolute atomic E-state index is 0. The van der Waals surface area contributed by atoms with E-state index in [0.717, 1.165) is 19.0 Å². The maximum Gasteiger partial charge on any atom is 0.191 e. The van der Waals surface area contributed by atoms with Crippen LogP contribution in [-0.2, 0) is 6.54 Å². The summed E-state index contributed by atoms with van der Waals surface area (Å²) in [7, 11) is 5.96. The number of nitrogens with zero attached hydrogens (tertiary/aromatic N) is 3. The van der Waals surface area contributed by atoms with E-state index >= 15 is 0 Å². The molecule has 2 aromatic rings. The summed E-state index contributed by atoms with van der Waals surface area (Å²) in [6.45, 7) is 3.94. The molecule has 29 heavy (non-hydrogen) atoms. The topological polar surface area (TPSA) is 42.9 Å². The Kier molecular flexibility index (Phi) is 9.73. The largest absolute Gasteiger partial charge is 0.378 e. The van der Waals surface area contributed by atoms with Gasteiger partial charge in [0.2, 0.25) is 0 Å². The van der Waals surface area contributed by atoms with Crippen LogP contribution in [0.3, 0.4) is 0 Å². The zero-order valence-electron chi connectivity index (χ0n) is 17.8. The van der Waals surface area contributed by atoms with E-state index in [0.29, 0.717) is 6.04 Å². The van der Waals surface area contributed by atoms with Gasteiger partial charge in [0, 0.05) is 39.9 Å². The highest BCUT2D eigenvalue weighted by molar-refractivity contribution is 14.0. The number of benzene rings is 2. The van der Waals surface area contributed by atoms with Crippen molar-refractivity contribution >= 4 is 35.6 Å². The predicted molar refractivity (Wildman–Crippen MR) is 134 cm³/mol. The van der Waals surface area contributed by atoms with E-state index in [9.17, 15) is 0 Å². The Morgan fingerprint density at radius 1 is 1.03 bits per heavy atom. The average Bonchev–Trinajstić information content (AvgIpc) is 3.26. The number of nitrogens with one attached hydrogen (secondary N) is 2. The van der Waals surface area contributed by atoms with Crippen LogP contribution in [0.1, 0.15) is 30.0 Å². The van der Waals surface area contributed by atoms with Gasteiger partial charge in [-0.05, 0) is 49.2 Å². The number of likely N-dealkylation sites (tertiary alicyclic amines) is 1. The van der Waals surface area contributed by atoms with Crippen LogP contribution in [0.15, 0.2) is 59.6 Å². The van der Waals surface area contributed by atoms with Crippen molar-refractivity contribution in [1.82, 2.24) is 15.5 Å². The van der Waals surface area contributed by atoms with Gasteiger partial charge in [0.1, 0.15) is 0 Å². The highest BCUT2D eigenvalue weighted by Crippen LogP contribution is 2.24. The Morgan fingerprint density at radius 2 is 1.76 bits per heavy atom. The molecule has 2 N–H and O–H groups in total. The van der Waals surface area contributed by atoms with Gasteiger partial charge in [0.05, 0.1) is 6.04 Å². The summed E-state index contributed by atoms with van der Waals surface area (Å²) >= 11 is 0. The van der Waals surface area contributed by atoms with Crippen LogP contribution < -0.4 is 15.5 Å². The van der Waals surface area contributed by atoms with Crippen molar-refractivity contribution in [2.75, 3.05) is 45.7 Å². The van der Waals surface area contributed by atoms with E-state index < -0.39 is 0 Å². The van der Waals surface area contributed by atoms with Gasteiger partial charge in [-0.3, -0.25) is 9.89 Å². The van der Waals surface area contributed by atoms with E-state index in [-0.39, 0.29) is 24.0 Å². The number of hydrogen-bond donors (Lipinski definition) is 2. The molecule has 0 spiro atoms. The molecule has 1 aliphatic heterocycles. The SMILES string of the molecule is CN=C(NCc1cccc(N(C)C)c1)NCC(c1ccccc1)N1CCCC1.I. The minimum atomic E-state index is 0. The molecule has 0 radical (unpaired) electrons. The lowest BCUT2D eigenvalue weighted by Crippen LogP contribution is -2.42. The molecule has 1 heterocycles. The highest BCUT2D eigenvalue weighted by Gasteiger charge is 2.23. The van der Waals surface area contributed by atoms with E-state index in [1.54, 1.807) is 0 Å². The normalized spacial score (nSPS) is 15.5. The second-order valence-corrected chi connectivity index (χ2v) is 7.54. The van der Waals surface area contributed by atoms with Gasteiger partial charge in [-0.25, -0.2) is 0 Å². The Bertz CT molecular complexity index is 757. The fourth-order valence-electron chi connectivity index (χ4n) is 3.73. The van der Waals surface area contributed by atoms with Gasteiger partial charge < -0.3 is 15.5 Å². The zero-order valence-corrected chi connectivity index (χ0v) is 20.1. The first-order chi connectivity index (χ1) is 13.7. The monoisotopic (exact) mass is 507 g/mol. The molecule has 158 valence electrons. The lowest BCUT2D eigenvalue weighted by molar-refractivity contribution is 0.245. The predicted octanol–water partition coefficient (Wildman–Crippen LogP) is 3.87. The molecule has 3 rings (SSSR count). The third-order valence-corrected chi connectivity index (χ3v) is 5.34. The first-order valence-corrected chi connectivity index (χ1v) is 10.2. The van der Waals surface area contributed by atoms with Crippen molar-refractivity contribution < 1.29 is 0 Å². The summed E-state index contributed by atoms with van der Waals surface area (Å²) in [5.74, 6) is 0.843. The summed E-state index contributed by atoms with van der Waals surface area (Å²) in [5, 5.41) is 6.99. The van der Waals surface area contributed by atoms with Gasteiger partial charge in [-0.1, -0.05) is 42.5 Å². The second-order valence-electron chi connectivity index (χ2n) is 7.54. The van der Waals surface area contributed by atoms with Crippen LogP contribution in [0.5, 0.6) is 0 Å². The number of hydrogen-bond acceptors (Lipinski definition) is 3. The smallest absolute Gasteiger partial charge is 0.191 e. The van der Waals surface area contributed by atoms with Crippen LogP contribution in [0.25, 0.3) is 0 Å².